The number of hydrogen-bond acceptors (Lipinski definition) is 8. The minimum Gasteiger partial charge on any atom is -0.388 e. The molecule has 1 fully saturated rings. The van der Waals surface area contributed by atoms with E-state index in [0.717, 1.165) is 24.1 Å². The van der Waals surface area contributed by atoms with Crippen LogP contribution in [-0.4, -0.2) is 57.7 Å². The standard InChI is InChI=1S/C21H21FN6O3S/c1-32-20-23-11-16-17(24-20)26-8-3-6-15(26)12-27(19(16)29)14-5-2-4-13(10-14)18-25-28(9-7-22)21(30)31-18/h2,4-5,10-11,15H,3,6-9,12H2,1H3/t15-/m0/s1. The van der Waals surface area contributed by atoms with Crippen molar-refractivity contribution in [2.24, 2.45) is 0 Å². The molecule has 0 unspecified atom stereocenters. The van der Waals surface area contributed by atoms with Gasteiger partial charge in [0.15, 0.2) is 5.16 Å². The zero-order chi connectivity index (χ0) is 22.2. The van der Waals surface area contributed by atoms with Crippen LogP contribution in [0.2, 0.25) is 0 Å². The minimum atomic E-state index is -0.717. The molecule has 0 bridgehead atoms. The maximum Gasteiger partial charge on any atom is 0.437 e. The van der Waals surface area contributed by atoms with Crippen LogP contribution >= 0.6 is 11.8 Å². The van der Waals surface area contributed by atoms with Gasteiger partial charge in [0.2, 0.25) is 5.89 Å². The first-order valence-corrected chi connectivity index (χ1v) is 11.6. The van der Waals surface area contributed by atoms with E-state index in [9.17, 15) is 14.0 Å². The Labute approximate surface area is 187 Å². The maximum atomic E-state index is 13.5. The van der Waals surface area contributed by atoms with E-state index in [1.54, 1.807) is 29.3 Å². The fraction of sp³-hybridized carbons (Fsp3) is 0.381. The van der Waals surface area contributed by atoms with Gasteiger partial charge in [-0.2, -0.15) is 4.68 Å². The normalized spacial score (nSPS) is 17.9. The number of rotatable bonds is 5. The second-order valence-electron chi connectivity index (χ2n) is 7.63. The van der Waals surface area contributed by atoms with Crippen molar-refractivity contribution in [1.29, 1.82) is 0 Å². The van der Waals surface area contributed by atoms with Gasteiger partial charge in [0.05, 0.1) is 6.54 Å². The Morgan fingerprint density at radius 3 is 3.00 bits per heavy atom. The van der Waals surface area contributed by atoms with Crippen LogP contribution in [0.25, 0.3) is 11.5 Å². The van der Waals surface area contributed by atoms with Gasteiger partial charge in [-0.25, -0.2) is 19.2 Å². The number of aromatic nitrogens is 4. The summed E-state index contributed by atoms with van der Waals surface area (Å²) in [6.45, 7) is 0.471. The summed E-state index contributed by atoms with van der Waals surface area (Å²) >= 11 is 1.44. The van der Waals surface area contributed by atoms with Gasteiger partial charge in [0.1, 0.15) is 18.1 Å². The van der Waals surface area contributed by atoms with Crippen molar-refractivity contribution >= 4 is 29.2 Å². The summed E-state index contributed by atoms with van der Waals surface area (Å²) in [5.74, 6) is -0.121. The monoisotopic (exact) mass is 456 g/mol. The summed E-state index contributed by atoms with van der Waals surface area (Å²) in [6, 6.07) is 7.25. The average molecular weight is 457 g/mol. The van der Waals surface area contributed by atoms with Gasteiger partial charge < -0.3 is 14.2 Å². The molecule has 0 N–H and O–H groups in total. The molecule has 4 heterocycles. The number of alkyl halides is 1. The molecule has 32 heavy (non-hydrogen) atoms. The lowest BCUT2D eigenvalue weighted by molar-refractivity contribution is 0.0988. The van der Waals surface area contributed by atoms with Crippen molar-refractivity contribution in [3.05, 3.63) is 46.6 Å². The summed E-state index contributed by atoms with van der Waals surface area (Å²) in [6.07, 6.45) is 5.50. The van der Waals surface area contributed by atoms with Crippen LogP contribution in [0.5, 0.6) is 0 Å². The first kappa shape index (κ1) is 20.7. The van der Waals surface area contributed by atoms with Crippen LogP contribution in [0.3, 0.4) is 0 Å². The number of amides is 1. The number of hydrogen-bond donors (Lipinski definition) is 0. The quantitative estimate of drug-likeness (QED) is 0.427. The SMILES string of the molecule is CSc1ncc2c(n1)N1CCC[C@H]1CN(c1cccc(-c3nn(CCF)c(=O)o3)c1)C2=O. The number of aryl methyl sites for hydroxylation is 1. The molecule has 2 aromatic heterocycles. The first-order valence-electron chi connectivity index (χ1n) is 10.3. The van der Waals surface area contributed by atoms with Crippen molar-refractivity contribution in [2.75, 3.05) is 35.8 Å². The third kappa shape index (κ3) is 3.56. The predicted octanol–water partition coefficient (Wildman–Crippen LogP) is 2.61. The smallest absolute Gasteiger partial charge is 0.388 e. The molecule has 1 atom stereocenters. The molecule has 9 nitrogen and oxygen atoms in total. The summed E-state index contributed by atoms with van der Waals surface area (Å²) in [4.78, 5) is 38.3. The summed E-state index contributed by atoms with van der Waals surface area (Å²) < 4.78 is 18.8. The summed E-state index contributed by atoms with van der Waals surface area (Å²) in [5, 5.41) is 4.70. The molecule has 0 saturated carbocycles. The fourth-order valence-electron chi connectivity index (χ4n) is 4.24. The second-order valence-corrected chi connectivity index (χ2v) is 8.41. The number of benzene rings is 1. The third-order valence-electron chi connectivity index (χ3n) is 5.75. The van der Waals surface area contributed by atoms with Crippen LogP contribution in [-0.2, 0) is 6.54 Å². The highest BCUT2D eigenvalue weighted by Crippen LogP contribution is 2.35. The molecule has 0 radical (unpaired) electrons. The van der Waals surface area contributed by atoms with Crippen LogP contribution < -0.4 is 15.6 Å². The first-order chi connectivity index (χ1) is 15.6. The van der Waals surface area contributed by atoms with Gasteiger partial charge in [-0.3, -0.25) is 4.79 Å². The Balaban J connectivity index is 1.54. The Morgan fingerprint density at radius 2 is 2.19 bits per heavy atom. The molecule has 0 aliphatic carbocycles. The number of carbonyl (C=O) groups excluding carboxylic acids is 1. The lowest BCUT2D eigenvalue weighted by Gasteiger charge is -2.27. The zero-order valence-corrected chi connectivity index (χ0v) is 18.2. The molecule has 2 aliphatic rings. The Morgan fingerprint density at radius 1 is 1.31 bits per heavy atom. The molecule has 1 saturated heterocycles. The van der Waals surface area contributed by atoms with E-state index in [1.165, 1.54) is 11.8 Å². The van der Waals surface area contributed by atoms with E-state index in [1.807, 2.05) is 12.3 Å². The van der Waals surface area contributed by atoms with Crippen LogP contribution in [0.1, 0.15) is 23.2 Å². The molecule has 2 aliphatic heterocycles. The van der Waals surface area contributed by atoms with Crippen LogP contribution in [0.15, 0.2) is 44.8 Å². The molecular formula is C21H21FN6O3S. The number of fused-ring (bicyclic) bond motifs is 3. The van der Waals surface area contributed by atoms with Gasteiger partial charge in [-0.15, -0.1) is 5.10 Å². The van der Waals surface area contributed by atoms with Crippen LogP contribution in [0.4, 0.5) is 15.9 Å². The van der Waals surface area contributed by atoms with Gasteiger partial charge >= 0.3 is 5.76 Å². The molecule has 1 aromatic carbocycles. The molecule has 1 amide bonds. The number of anilines is 2. The van der Waals surface area contributed by atoms with Gasteiger partial charge in [0.25, 0.3) is 5.91 Å². The summed E-state index contributed by atoms with van der Waals surface area (Å²) in [5.41, 5.74) is 1.66. The van der Waals surface area contributed by atoms with Crippen molar-refractivity contribution < 1.29 is 13.6 Å². The molecule has 3 aromatic rings. The van der Waals surface area contributed by atoms with E-state index < -0.39 is 12.4 Å². The minimum absolute atomic E-state index is 0.0865. The molecule has 5 rings (SSSR count). The highest BCUT2D eigenvalue weighted by molar-refractivity contribution is 7.98. The maximum absolute atomic E-state index is 13.5. The molecule has 11 heteroatoms. The lowest BCUT2D eigenvalue weighted by Crippen LogP contribution is -2.39. The van der Waals surface area contributed by atoms with E-state index in [-0.39, 0.29) is 24.4 Å². The molecule has 0 spiro atoms. The molecular weight excluding hydrogens is 435 g/mol. The van der Waals surface area contributed by atoms with Crippen molar-refractivity contribution in [2.45, 2.75) is 30.6 Å². The van der Waals surface area contributed by atoms with E-state index in [0.29, 0.717) is 34.3 Å². The van der Waals surface area contributed by atoms with E-state index in [4.69, 9.17) is 4.42 Å². The average Bonchev–Trinajstić information content (AvgIpc) is 3.41. The number of halogens is 1. The van der Waals surface area contributed by atoms with Crippen LogP contribution in [0, 0.1) is 0 Å². The molecule has 166 valence electrons. The Hall–Kier alpha value is -3.21. The van der Waals surface area contributed by atoms with Crippen molar-refractivity contribution in [3.63, 3.8) is 0 Å². The highest BCUT2D eigenvalue weighted by Gasteiger charge is 2.37. The van der Waals surface area contributed by atoms with Gasteiger partial charge in [-0.05, 0) is 37.3 Å². The van der Waals surface area contributed by atoms with Crippen molar-refractivity contribution in [1.82, 2.24) is 19.7 Å². The number of thioether (sulfide) groups is 1. The van der Waals surface area contributed by atoms with Crippen molar-refractivity contribution in [3.8, 4) is 11.5 Å². The lowest BCUT2D eigenvalue weighted by atomic mass is 10.1. The topological polar surface area (TPSA) is 97.4 Å². The number of nitrogens with zero attached hydrogens (tertiary/aromatic N) is 6. The summed E-state index contributed by atoms with van der Waals surface area (Å²) in [7, 11) is 0. The van der Waals surface area contributed by atoms with E-state index >= 15 is 0 Å². The largest absolute Gasteiger partial charge is 0.437 e. The fourth-order valence-corrected chi connectivity index (χ4v) is 4.58. The number of carbonyl (C=O) groups is 1. The van der Waals surface area contributed by atoms with Gasteiger partial charge in [-0.1, -0.05) is 17.8 Å². The Bertz CT molecular complexity index is 1230. The second kappa shape index (κ2) is 8.38. The Kier molecular flexibility index (Phi) is 5.41. The zero-order valence-electron chi connectivity index (χ0n) is 17.4. The van der Waals surface area contributed by atoms with E-state index in [2.05, 4.69) is 20.0 Å². The highest BCUT2D eigenvalue weighted by atomic mass is 32.2. The van der Waals surface area contributed by atoms with Gasteiger partial charge in [0, 0.05) is 36.6 Å². The predicted molar refractivity (Wildman–Crippen MR) is 118 cm³/mol. The third-order valence-corrected chi connectivity index (χ3v) is 6.32.